The van der Waals surface area contributed by atoms with Crippen LogP contribution in [0.1, 0.15) is 19.4 Å². The van der Waals surface area contributed by atoms with E-state index in [0.717, 1.165) is 41.6 Å². The van der Waals surface area contributed by atoms with Gasteiger partial charge >= 0.3 is 0 Å². The van der Waals surface area contributed by atoms with E-state index in [9.17, 15) is 4.39 Å². The van der Waals surface area contributed by atoms with Crippen molar-refractivity contribution in [2.75, 3.05) is 19.6 Å². The van der Waals surface area contributed by atoms with Crippen molar-refractivity contribution in [3.05, 3.63) is 24.8 Å². The van der Waals surface area contributed by atoms with Crippen LogP contribution in [0.2, 0.25) is 0 Å². The molecule has 21 heavy (non-hydrogen) atoms. The van der Waals surface area contributed by atoms with Crippen molar-refractivity contribution < 1.29 is 4.39 Å². The summed E-state index contributed by atoms with van der Waals surface area (Å²) in [5.74, 6) is 0. The third-order valence-electron chi connectivity index (χ3n) is 4.51. The summed E-state index contributed by atoms with van der Waals surface area (Å²) < 4.78 is 16.6. The number of likely N-dealkylation sites (tertiary alicyclic amines) is 1. The van der Waals surface area contributed by atoms with Gasteiger partial charge in [0.05, 0.1) is 24.1 Å². The summed E-state index contributed by atoms with van der Waals surface area (Å²) in [6, 6.07) is 1.84. The van der Waals surface area contributed by atoms with E-state index < -0.39 is 6.17 Å². The van der Waals surface area contributed by atoms with Crippen molar-refractivity contribution in [1.29, 1.82) is 0 Å². The van der Waals surface area contributed by atoms with Crippen molar-refractivity contribution in [2.24, 2.45) is 0 Å². The van der Waals surface area contributed by atoms with Crippen molar-refractivity contribution in [1.82, 2.24) is 24.4 Å². The summed E-state index contributed by atoms with van der Waals surface area (Å²) in [6.07, 6.45) is 5.32. The fraction of sp³-hybridized carbons (Fsp3) is 0.467. The number of aromatic amines is 1. The Kier molecular flexibility index (Phi) is 2.92. The average molecular weight is 287 g/mol. The largest absolute Gasteiger partial charge is 0.346 e. The van der Waals surface area contributed by atoms with Gasteiger partial charge in [-0.15, -0.1) is 0 Å². The van der Waals surface area contributed by atoms with Crippen LogP contribution in [-0.2, 0) is 0 Å². The molecular weight excluding hydrogens is 269 g/mol. The van der Waals surface area contributed by atoms with Crippen LogP contribution in [-0.4, -0.2) is 50.2 Å². The van der Waals surface area contributed by atoms with Gasteiger partial charge in [-0.05, 0) is 19.0 Å². The van der Waals surface area contributed by atoms with Gasteiger partial charge in [0.15, 0.2) is 0 Å². The fourth-order valence-electron chi connectivity index (χ4n) is 3.34. The second-order valence-corrected chi connectivity index (χ2v) is 5.65. The predicted molar refractivity (Wildman–Crippen MR) is 80.0 cm³/mol. The maximum Gasteiger partial charge on any atom is 0.139 e. The van der Waals surface area contributed by atoms with Crippen LogP contribution in [0.25, 0.3) is 22.1 Å². The van der Waals surface area contributed by atoms with Crippen LogP contribution in [0.4, 0.5) is 4.39 Å². The molecule has 2 atom stereocenters. The predicted octanol–water partition coefficient (Wildman–Crippen LogP) is 2.52. The molecule has 0 spiro atoms. The molecule has 0 saturated carbocycles. The normalized spacial score (nSPS) is 24.1. The van der Waals surface area contributed by atoms with Gasteiger partial charge in [-0.2, -0.15) is 0 Å². The van der Waals surface area contributed by atoms with Crippen LogP contribution < -0.4 is 0 Å². The molecule has 5 nitrogen and oxygen atoms in total. The highest BCUT2D eigenvalue weighted by Gasteiger charge is 2.31. The Balaban J connectivity index is 1.81. The van der Waals surface area contributed by atoms with Gasteiger partial charge in [0, 0.05) is 24.7 Å². The highest BCUT2D eigenvalue weighted by atomic mass is 19.1. The summed E-state index contributed by atoms with van der Waals surface area (Å²) >= 11 is 0. The molecule has 4 rings (SSSR count). The summed E-state index contributed by atoms with van der Waals surface area (Å²) in [6.45, 7) is 4.42. The molecule has 4 heterocycles. The zero-order valence-electron chi connectivity index (χ0n) is 12.0. The molecule has 3 aromatic heterocycles. The van der Waals surface area contributed by atoms with E-state index in [1.54, 1.807) is 12.5 Å². The van der Waals surface area contributed by atoms with E-state index in [0.29, 0.717) is 6.54 Å². The minimum Gasteiger partial charge on any atom is -0.346 e. The Labute approximate surface area is 121 Å². The third-order valence-corrected chi connectivity index (χ3v) is 4.51. The molecule has 3 aromatic rings. The lowest BCUT2D eigenvalue weighted by atomic mass is 10.0. The lowest BCUT2D eigenvalue weighted by Crippen LogP contribution is -2.42. The zero-order chi connectivity index (χ0) is 14.4. The maximum atomic E-state index is 14.6. The molecule has 1 aliphatic rings. The Morgan fingerprint density at radius 3 is 3.14 bits per heavy atom. The number of pyridine rings is 1. The minimum atomic E-state index is -0.863. The molecule has 1 saturated heterocycles. The number of piperidine rings is 1. The van der Waals surface area contributed by atoms with Crippen molar-refractivity contribution in [3.8, 4) is 0 Å². The summed E-state index contributed by atoms with van der Waals surface area (Å²) in [5.41, 5.74) is 2.64. The Hall–Kier alpha value is -1.95. The van der Waals surface area contributed by atoms with Crippen molar-refractivity contribution in [2.45, 2.75) is 25.6 Å². The lowest BCUT2D eigenvalue weighted by Gasteiger charge is -2.34. The lowest BCUT2D eigenvalue weighted by molar-refractivity contribution is 0.0952. The van der Waals surface area contributed by atoms with E-state index in [1.807, 2.05) is 16.8 Å². The summed E-state index contributed by atoms with van der Waals surface area (Å²) in [4.78, 5) is 14.0. The molecule has 6 heteroatoms. The van der Waals surface area contributed by atoms with Gasteiger partial charge in [-0.25, -0.2) is 14.4 Å². The number of nitrogens with zero attached hydrogens (tertiary/aromatic N) is 4. The first kappa shape index (κ1) is 12.8. The number of nitrogens with one attached hydrogen (secondary N) is 1. The van der Waals surface area contributed by atoms with Gasteiger partial charge in [0.25, 0.3) is 0 Å². The van der Waals surface area contributed by atoms with E-state index in [-0.39, 0.29) is 6.04 Å². The number of fused-ring (bicyclic) bond motifs is 3. The quantitative estimate of drug-likeness (QED) is 0.788. The van der Waals surface area contributed by atoms with Gasteiger partial charge in [0.1, 0.15) is 17.3 Å². The molecule has 0 bridgehead atoms. The molecule has 0 aliphatic carbocycles. The van der Waals surface area contributed by atoms with E-state index in [4.69, 9.17) is 0 Å². The van der Waals surface area contributed by atoms with Crippen molar-refractivity contribution in [3.63, 3.8) is 0 Å². The first-order valence-electron chi connectivity index (χ1n) is 7.43. The zero-order valence-corrected chi connectivity index (χ0v) is 12.0. The SMILES string of the molecule is CCN1CCC(n2cnc3cnc4[nH]ccc4c32)C(F)C1. The highest BCUT2D eigenvalue weighted by molar-refractivity contribution is 6.00. The maximum absolute atomic E-state index is 14.6. The van der Waals surface area contributed by atoms with Crippen molar-refractivity contribution >= 4 is 22.1 Å². The molecule has 0 aromatic carbocycles. The number of hydrogen-bond donors (Lipinski definition) is 1. The topological polar surface area (TPSA) is 49.7 Å². The third kappa shape index (κ3) is 1.93. The number of aromatic nitrogens is 4. The van der Waals surface area contributed by atoms with Crippen LogP contribution in [0.15, 0.2) is 24.8 Å². The minimum absolute atomic E-state index is 0.140. The molecule has 1 fully saturated rings. The summed E-state index contributed by atoms with van der Waals surface area (Å²) in [5, 5.41) is 1.01. The Morgan fingerprint density at radius 1 is 1.43 bits per heavy atom. The number of imidazole rings is 1. The molecular formula is C15H18FN5. The molecule has 110 valence electrons. The second-order valence-electron chi connectivity index (χ2n) is 5.65. The summed E-state index contributed by atoms with van der Waals surface area (Å²) in [7, 11) is 0. The number of alkyl halides is 1. The van der Waals surface area contributed by atoms with Gasteiger partial charge in [-0.3, -0.25) is 0 Å². The Morgan fingerprint density at radius 2 is 2.33 bits per heavy atom. The molecule has 1 aliphatic heterocycles. The van der Waals surface area contributed by atoms with E-state index in [1.165, 1.54) is 0 Å². The molecule has 0 amide bonds. The van der Waals surface area contributed by atoms with E-state index in [2.05, 4.69) is 26.8 Å². The van der Waals surface area contributed by atoms with Gasteiger partial charge < -0.3 is 14.5 Å². The molecule has 1 N–H and O–H groups in total. The number of rotatable bonds is 2. The fourth-order valence-corrected chi connectivity index (χ4v) is 3.34. The van der Waals surface area contributed by atoms with Crippen LogP contribution in [0.3, 0.4) is 0 Å². The highest BCUT2D eigenvalue weighted by Crippen LogP contribution is 2.31. The smallest absolute Gasteiger partial charge is 0.139 e. The Bertz CT molecular complexity index is 777. The monoisotopic (exact) mass is 287 g/mol. The van der Waals surface area contributed by atoms with Crippen LogP contribution >= 0.6 is 0 Å². The molecule has 2 unspecified atom stereocenters. The second kappa shape index (κ2) is 4.80. The first-order valence-corrected chi connectivity index (χ1v) is 7.43. The van der Waals surface area contributed by atoms with Crippen LogP contribution in [0.5, 0.6) is 0 Å². The number of hydrogen-bond acceptors (Lipinski definition) is 3. The average Bonchev–Trinajstić information content (AvgIpc) is 3.12. The van der Waals surface area contributed by atoms with Crippen LogP contribution in [0, 0.1) is 0 Å². The number of H-pyrrole nitrogens is 1. The van der Waals surface area contributed by atoms with Gasteiger partial charge in [-0.1, -0.05) is 6.92 Å². The van der Waals surface area contributed by atoms with Gasteiger partial charge in [0.2, 0.25) is 0 Å². The van der Waals surface area contributed by atoms with E-state index >= 15 is 0 Å². The molecule has 0 radical (unpaired) electrons. The number of halogens is 1. The first-order chi connectivity index (χ1) is 10.3. The standard InChI is InChI=1S/C15H18FN5/c1-2-20-6-4-13(11(16)8-20)21-9-19-12-7-18-15-10(14(12)21)3-5-17-15/h3,5,7,9,11,13H,2,4,6,8H2,1H3,(H,17,18).